The number of aromatic nitrogens is 1. The molecule has 27 heavy (non-hydrogen) atoms. The van der Waals surface area contributed by atoms with Gasteiger partial charge in [-0.15, -0.1) is 0 Å². The summed E-state index contributed by atoms with van der Waals surface area (Å²) in [6.07, 6.45) is 3.63. The summed E-state index contributed by atoms with van der Waals surface area (Å²) in [5.41, 5.74) is 0.797. The minimum Gasteiger partial charge on any atom is -0.503 e. The van der Waals surface area contributed by atoms with E-state index in [1.165, 1.54) is 24.9 Å². The molecule has 1 amide bonds. The van der Waals surface area contributed by atoms with Gasteiger partial charge in [0, 0.05) is 24.7 Å². The van der Waals surface area contributed by atoms with Crippen molar-refractivity contribution in [3.05, 3.63) is 53.9 Å². The Morgan fingerprint density at radius 3 is 2.81 bits per heavy atom. The topological polar surface area (TPSA) is 80.7 Å². The third kappa shape index (κ3) is 4.57. The van der Waals surface area contributed by atoms with E-state index >= 15 is 0 Å². The van der Waals surface area contributed by atoms with Gasteiger partial charge in [0.2, 0.25) is 0 Å². The summed E-state index contributed by atoms with van der Waals surface area (Å²) in [4.78, 5) is 16.7. The average Bonchev–Trinajstić information content (AvgIpc) is 2.61. The zero-order chi connectivity index (χ0) is 19.4. The monoisotopic (exact) mass is 370 g/mol. The van der Waals surface area contributed by atoms with Crippen molar-refractivity contribution in [2.24, 2.45) is 0 Å². The van der Waals surface area contributed by atoms with E-state index in [-0.39, 0.29) is 34.9 Å². The van der Waals surface area contributed by atoms with Gasteiger partial charge in [-0.2, -0.15) is 0 Å². The lowest BCUT2D eigenvalue weighted by atomic mass is 9.84. The smallest absolute Gasteiger partial charge is 0.274 e. The van der Waals surface area contributed by atoms with E-state index in [1.807, 2.05) is 25.1 Å². The van der Waals surface area contributed by atoms with E-state index < -0.39 is 5.91 Å². The minimum absolute atomic E-state index is 0.0182. The van der Waals surface area contributed by atoms with Crippen LogP contribution in [0.5, 0.6) is 11.5 Å². The number of aromatic hydroxyl groups is 1. The van der Waals surface area contributed by atoms with E-state index in [9.17, 15) is 9.90 Å². The molecule has 144 valence electrons. The Labute approximate surface area is 159 Å². The van der Waals surface area contributed by atoms with Crippen molar-refractivity contribution in [2.45, 2.75) is 50.9 Å². The van der Waals surface area contributed by atoms with Crippen molar-refractivity contribution in [3.8, 4) is 11.5 Å². The molecule has 0 aliphatic carbocycles. The van der Waals surface area contributed by atoms with E-state index in [4.69, 9.17) is 9.47 Å². The predicted molar refractivity (Wildman–Crippen MR) is 102 cm³/mol. The number of ether oxygens (including phenoxy) is 2. The van der Waals surface area contributed by atoms with E-state index in [1.54, 1.807) is 0 Å². The van der Waals surface area contributed by atoms with Gasteiger partial charge >= 0.3 is 0 Å². The minimum atomic E-state index is -0.410. The van der Waals surface area contributed by atoms with Crippen LogP contribution in [-0.2, 0) is 11.2 Å². The molecule has 2 heterocycles. The summed E-state index contributed by atoms with van der Waals surface area (Å²) in [6, 6.07) is 11.6. The van der Waals surface area contributed by atoms with Gasteiger partial charge in [0.15, 0.2) is 17.2 Å². The summed E-state index contributed by atoms with van der Waals surface area (Å²) in [5.74, 6) is -0.429. The van der Waals surface area contributed by atoms with Gasteiger partial charge < -0.3 is 19.9 Å². The third-order valence-corrected chi connectivity index (χ3v) is 4.86. The number of carbonyl (C=O) groups excluding carboxylic acids is 1. The summed E-state index contributed by atoms with van der Waals surface area (Å²) in [7, 11) is 1.44. The standard InChI is InChI=1S/C21H26N2O4/c1-14-11-16(13-21(2,27-14)12-15-7-5-4-6-8-15)23-20(25)18-19(24)17(26-3)9-10-22-18/h4-10,14,16,24H,11-13H2,1-3H3,(H,23,25). The fraction of sp³-hybridized carbons (Fsp3) is 0.429. The Morgan fingerprint density at radius 1 is 1.37 bits per heavy atom. The third-order valence-electron chi connectivity index (χ3n) is 4.86. The van der Waals surface area contributed by atoms with Crippen molar-refractivity contribution in [1.29, 1.82) is 0 Å². The molecule has 1 aromatic carbocycles. The largest absolute Gasteiger partial charge is 0.503 e. The average molecular weight is 370 g/mol. The van der Waals surface area contributed by atoms with Crippen molar-refractivity contribution in [1.82, 2.24) is 10.3 Å². The number of amides is 1. The molecule has 6 nitrogen and oxygen atoms in total. The van der Waals surface area contributed by atoms with Crippen LogP contribution in [-0.4, -0.2) is 40.9 Å². The molecule has 0 radical (unpaired) electrons. The number of carbonyl (C=O) groups is 1. The Bertz CT molecular complexity index is 796. The number of hydrogen-bond donors (Lipinski definition) is 2. The quantitative estimate of drug-likeness (QED) is 0.845. The van der Waals surface area contributed by atoms with Gasteiger partial charge in [-0.1, -0.05) is 30.3 Å². The zero-order valence-corrected chi connectivity index (χ0v) is 15.9. The molecule has 2 aromatic rings. The van der Waals surface area contributed by atoms with Gasteiger partial charge in [0.25, 0.3) is 5.91 Å². The Balaban J connectivity index is 1.72. The van der Waals surface area contributed by atoms with Crippen molar-refractivity contribution in [2.75, 3.05) is 7.11 Å². The molecular formula is C21H26N2O4. The van der Waals surface area contributed by atoms with Crippen LogP contribution in [0.4, 0.5) is 0 Å². The Kier molecular flexibility index (Phi) is 5.65. The fourth-order valence-corrected chi connectivity index (χ4v) is 3.86. The van der Waals surface area contributed by atoms with Crippen LogP contribution >= 0.6 is 0 Å². The van der Waals surface area contributed by atoms with Crippen LogP contribution in [0.2, 0.25) is 0 Å². The van der Waals surface area contributed by atoms with Gasteiger partial charge in [0.05, 0.1) is 18.8 Å². The second-order valence-corrected chi connectivity index (χ2v) is 7.36. The maximum atomic E-state index is 12.6. The molecule has 1 aliphatic heterocycles. The van der Waals surface area contributed by atoms with E-state index in [0.717, 1.165) is 6.42 Å². The number of methoxy groups -OCH3 is 1. The highest BCUT2D eigenvalue weighted by molar-refractivity contribution is 5.95. The maximum absolute atomic E-state index is 12.6. The fourth-order valence-electron chi connectivity index (χ4n) is 3.86. The highest BCUT2D eigenvalue weighted by atomic mass is 16.5. The van der Waals surface area contributed by atoms with Crippen LogP contribution in [0.3, 0.4) is 0 Å². The lowest BCUT2D eigenvalue weighted by Gasteiger charge is -2.42. The van der Waals surface area contributed by atoms with Crippen LogP contribution < -0.4 is 10.1 Å². The molecule has 1 saturated heterocycles. The SMILES string of the molecule is COc1ccnc(C(=O)NC2CC(C)OC(C)(Cc3ccccc3)C2)c1O. The second-order valence-electron chi connectivity index (χ2n) is 7.36. The molecule has 3 rings (SSSR count). The highest BCUT2D eigenvalue weighted by Crippen LogP contribution is 2.33. The number of nitrogens with zero attached hydrogens (tertiary/aromatic N) is 1. The molecule has 1 aliphatic rings. The predicted octanol–water partition coefficient (Wildman–Crippen LogP) is 3.09. The molecule has 6 heteroatoms. The number of hydrogen-bond acceptors (Lipinski definition) is 5. The lowest BCUT2D eigenvalue weighted by molar-refractivity contribution is -0.118. The zero-order valence-electron chi connectivity index (χ0n) is 15.9. The molecule has 2 N–H and O–H groups in total. The molecule has 3 unspecified atom stereocenters. The Morgan fingerprint density at radius 2 is 2.11 bits per heavy atom. The highest BCUT2D eigenvalue weighted by Gasteiger charge is 2.37. The molecule has 1 aromatic heterocycles. The first kappa shape index (κ1) is 19.2. The van der Waals surface area contributed by atoms with Gasteiger partial charge in [-0.3, -0.25) is 4.79 Å². The maximum Gasteiger partial charge on any atom is 0.274 e. The Hall–Kier alpha value is -2.60. The number of benzene rings is 1. The molecule has 0 bridgehead atoms. The lowest BCUT2D eigenvalue weighted by Crippen LogP contribution is -2.50. The second kappa shape index (κ2) is 7.96. The van der Waals surface area contributed by atoms with Crippen LogP contribution in [0.1, 0.15) is 42.7 Å². The van der Waals surface area contributed by atoms with Crippen LogP contribution in [0.25, 0.3) is 0 Å². The summed E-state index contributed by atoms with van der Waals surface area (Å²) in [6.45, 7) is 4.10. The molecule has 0 spiro atoms. The number of nitrogens with one attached hydrogen (secondary N) is 1. The number of rotatable bonds is 5. The van der Waals surface area contributed by atoms with Crippen molar-refractivity contribution < 1.29 is 19.4 Å². The summed E-state index contributed by atoms with van der Waals surface area (Å²) in [5, 5.41) is 13.2. The van der Waals surface area contributed by atoms with E-state index in [2.05, 4.69) is 29.4 Å². The molecule has 3 atom stereocenters. The van der Waals surface area contributed by atoms with Crippen LogP contribution in [0, 0.1) is 0 Å². The van der Waals surface area contributed by atoms with Gasteiger partial charge in [0.1, 0.15) is 0 Å². The van der Waals surface area contributed by atoms with E-state index in [0.29, 0.717) is 12.8 Å². The first-order valence-corrected chi connectivity index (χ1v) is 9.15. The van der Waals surface area contributed by atoms with Crippen molar-refractivity contribution >= 4 is 5.91 Å². The first-order chi connectivity index (χ1) is 12.9. The van der Waals surface area contributed by atoms with Gasteiger partial charge in [-0.05, 0) is 32.3 Å². The normalized spacial score (nSPS) is 25.0. The first-order valence-electron chi connectivity index (χ1n) is 9.15. The molecule has 1 fully saturated rings. The van der Waals surface area contributed by atoms with Crippen molar-refractivity contribution in [3.63, 3.8) is 0 Å². The summed E-state index contributed by atoms with van der Waals surface area (Å²) >= 11 is 0. The molecular weight excluding hydrogens is 344 g/mol. The number of pyridine rings is 1. The van der Waals surface area contributed by atoms with Crippen LogP contribution in [0.15, 0.2) is 42.6 Å². The van der Waals surface area contributed by atoms with Gasteiger partial charge in [-0.25, -0.2) is 4.98 Å². The molecule has 0 saturated carbocycles. The summed E-state index contributed by atoms with van der Waals surface area (Å²) < 4.78 is 11.3.